The maximum atomic E-state index is 4.57. The van der Waals surface area contributed by atoms with Crippen LogP contribution in [-0.4, -0.2) is 27.3 Å². The molecule has 110 valence electrons. The highest BCUT2D eigenvalue weighted by atomic mass is 15.3. The van der Waals surface area contributed by atoms with Gasteiger partial charge in [-0.2, -0.15) is 10.1 Å². The zero-order valence-electron chi connectivity index (χ0n) is 12.1. The first-order valence-electron chi connectivity index (χ1n) is 8.13. The van der Waals surface area contributed by atoms with Gasteiger partial charge in [0.25, 0.3) is 0 Å². The van der Waals surface area contributed by atoms with E-state index in [0.29, 0.717) is 18.0 Å². The van der Waals surface area contributed by atoms with E-state index in [0.717, 1.165) is 5.82 Å². The summed E-state index contributed by atoms with van der Waals surface area (Å²) in [5.41, 5.74) is 0. The van der Waals surface area contributed by atoms with Gasteiger partial charge < -0.3 is 10.6 Å². The Labute approximate surface area is 121 Å². The molecule has 3 rings (SSSR count). The van der Waals surface area contributed by atoms with Gasteiger partial charge in [0.1, 0.15) is 0 Å². The van der Waals surface area contributed by atoms with E-state index in [-0.39, 0.29) is 0 Å². The lowest BCUT2D eigenvalue weighted by molar-refractivity contribution is 0.612. The Balaban J connectivity index is 1.58. The lowest BCUT2D eigenvalue weighted by Gasteiger charge is -2.17. The molecule has 1 aromatic heterocycles. The molecule has 2 aliphatic rings. The molecule has 0 saturated heterocycles. The summed E-state index contributed by atoms with van der Waals surface area (Å²) in [6.45, 7) is 0. The summed E-state index contributed by atoms with van der Waals surface area (Å²) < 4.78 is 0. The van der Waals surface area contributed by atoms with Crippen LogP contribution in [-0.2, 0) is 0 Å². The molecule has 2 aliphatic carbocycles. The lowest BCUT2D eigenvalue weighted by atomic mass is 10.1. The number of rotatable bonds is 4. The van der Waals surface area contributed by atoms with Crippen molar-refractivity contribution in [1.29, 1.82) is 0 Å². The standard InChI is InChI=1S/C15H25N5/c1-2-4-8-13(7-3-1)18-15-19-14(11-16-20-15)17-12-9-5-6-10-12/h11-13H,1-10H2,(H2,17,18,19,20). The Morgan fingerprint density at radius 3 is 2.10 bits per heavy atom. The van der Waals surface area contributed by atoms with Gasteiger partial charge in [0, 0.05) is 12.1 Å². The summed E-state index contributed by atoms with van der Waals surface area (Å²) in [6, 6.07) is 1.08. The summed E-state index contributed by atoms with van der Waals surface area (Å²) in [7, 11) is 0. The van der Waals surface area contributed by atoms with Gasteiger partial charge in [0.15, 0.2) is 5.82 Å². The maximum Gasteiger partial charge on any atom is 0.244 e. The Kier molecular flexibility index (Phi) is 4.66. The van der Waals surface area contributed by atoms with Crippen molar-refractivity contribution in [2.45, 2.75) is 76.3 Å². The van der Waals surface area contributed by atoms with Crippen LogP contribution >= 0.6 is 0 Å². The molecule has 20 heavy (non-hydrogen) atoms. The molecule has 0 atom stereocenters. The summed E-state index contributed by atoms with van der Waals surface area (Å²) in [5, 5.41) is 15.1. The second-order valence-electron chi connectivity index (χ2n) is 6.12. The third-order valence-electron chi connectivity index (χ3n) is 4.45. The molecule has 0 aromatic carbocycles. The molecule has 2 saturated carbocycles. The Hall–Kier alpha value is -1.39. The van der Waals surface area contributed by atoms with Crippen molar-refractivity contribution in [3.05, 3.63) is 6.20 Å². The number of nitrogens with one attached hydrogen (secondary N) is 2. The molecular formula is C15H25N5. The molecular weight excluding hydrogens is 250 g/mol. The fourth-order valence-electron chi connectivity index (χ4n) is 3.32. The molecule has 0 aliphatic heterocycles. The number of hydrogen-bond donors (Lipinski definition) is 2. The molecule has 2 fully saturated rings. The third-order valence-corrected chi connectivity index (χ3v) is 4.45. The van der Waals surface area contributed by atoms with Crippen LogP contribution in [0.1, 0.15) is 64.2 Å². The summed E-state index contributed by atoms with van der Waals surface area (Å²) in [5.74, 6) is 1.54. The SMILES string of the molecule is c1nnc(NC2CCCCCC2)nc1NC1CCCC1. The Morgan fingerprint density at radius 2 is 1.40 bits per heavy atom. The number of anilines is 2. The highest BCUT2D eigenvalue weighted by molar-refractivity contribution is 5.38. The van der Waals surface area contributed by atoms with Crippen LogP contribution in [0.2, 0.25) is 0 Å². The van der Waals surface area contributed by atoms with E-state index in [9.17, 15) is 0 Å². The Morgan fingerprint density at radius 1 is 0.800 bits per heavy atom. The molecule has 1 aromatic rings. The van der Waals surface area contributed by atoms with Crippen LogP contribution in [0, 0.1) is 0 Å². The van der Waals surface area contributed by atoms with Gasteiger partial charge in [0.05, 0.1) is 6.20 Å². The maximum absolute atomic E-state index is 4.57. The second kappa shape index (κ2) is 6.86. The smallest absolute Gasteiger partial charge is 0.244 e. The van der Waals surface area contributed by atoms with Crippen LogP contribution in [0.25, 0.3) is 0 Å². The summed E-state index contributed by atoms with van der Waals surface area (Å²) >= 11 is 0. The van der Waals surface area contributed by atoms with Gasteiger partial charge >= 0.3 is 0 Å². The monoisotopic (exact) mass is 275 g/mol. The van der Waals surface area contributed by atoms with Crippen LogP contribution in [0.15, 0.2) is 6.20 Å². The predicted molar refractivity (Wildman–Crippen MR) is 80.8 cm³/mol. The van der Waals surface area contributed by atoms with Crippen LogP contribution in [0.3, 0.4) is 0 Å². The molecule has 0 spiro atoms. The first-order chi connectivity index (χ1) is 9.90. The van der Waals surface area contributed by atoms with E-state index in [2.05, 4.69) is 25.8 Å². The molecule has 0 bridgehead atoms. The second-order valence-corrected chi connectivity index (χ2v) is 6.12. The van der Waals surface area contributed by atoms with Gasteiger partial charge in [-0.15, -0.1) is 5.10 Å². The largest absolute Gasteiger partial charge is 0.366 e. The third kappa shape index (κ3) is 3.81. The van der Waals surface area contributed by atoms with Crippen molar-refractivity contribution in [3.8, 4) is 0 Å². The average molecular weight is 275 g/mol. The fraction of sp³-hybridized carbons (Fsp3) is 0.800. The fourth-order valence-corrected chi connectivity index (χ4v) is 3.32. The zero-order valence-corrected chi connectivity index (χ0v) is 12.1. The van der Waals surface area contributed by atoms with E-state index >= 15 is 0 Å². The minimum absolute atomic E-state index is 0.515. The Bertz CT molecular complexity index is 408. The first-order valence-corrected chi connectivity index (χ1v) is 8.13. The van der Waals surface area contributed by atoms with Gasteiger partial charge in [0.2, 0.25) is 5.95 Å². The highest BCUT2D eigenvalue weighted by Crippen LogP contribution is 2.22. The number of aromatic nitrogens is 3. The van der Waals surface area contributed by atoms with E-state index in [1.807, 2.05) is 0 Å². The van der Waals surface area contributed by atoms with Crippen molar-refractivity contribution in [1.82, 2.24) is 15.2 Å². The van der Waals surface area contributed by atoms with Crippen LogP contribution in [0.4, 0.5) is 11.8 Å². The van der Waals surface area contributed by atoms with Crippen LogP contribution in [0.5, 0.6) is 0 Å². The summed E-state index contributed by atoms with van der Waals surface area (Å²) in [4.78, 5) is 4.57. The molecule has 1 heterocycles. The predicted octanol–water partition coefficient (Wildman–Crippen LogP) is 3.36. The van der Waals surface area contributed by atoms with Gasteiger partial charge in [-0.3, -0.25) is 0 Å². The molecule has 2 N–H and O–H groups in total. The molecule has 0 radical (unpaired) electrons. The quantitative estimate of drug-likeness (QED) is 0.825. The van der Waals surface area contributed by atoms with Gasteiger partial charge in [-0.1, -0.05) is 38.5 Å². The minimum atomic E-state index is 0.515. The average Bonchev–Trinajstić information content (AvgIpc) is 2.82. The van der Waals surface area contributed by atoms with Crippen molar-refractivity contribution in [2.24, 2.45) is 0 Å². The molecule has 5 nitrogen and oxygen atoms in total. The lowest BCUT2D eigenvalue weighted by Crippen LogP contribution is -2.21. The molecule has 5 heteroatoms. The van der Waals surface area contributed by atoms with Gasteiger partial charge in [-0.25, -0.2) is 0 Å². The first kappa shape index (κ1) is 13.6. The number of nitrogens with zero attached hydrogens (tertiary/aromatic N) is 3. The summed E-state index contributed by atoms with van der Waals surface area (Å²) in [6.07, 6.45) is 14.7. The van der Waals surface area contributed by atoms with Crippen molar-refractivity contribution in [2.75, 3.05) is 10.6 Å². The van der Waals surface area contributed by atoms with E-state index in [1.165, 1.54) is 64.2 Å². The van der Waals surface area contributed by atoms with Crippen LogP contribution < -0.4 is 10.6 Å². The highest BCUT2D eigenvalue weighted by Gasteiger charge is 2.16. The van der Waals surface area contributed by atoms with Crippen molar-refractivity contribution in [3.63, 3.8) is 0 Å². The molecule has 0 unspecified atom stereocenters. The normalized spacial score (nSPS) is 21.6. The zero-order chi connectivity index (χ0) is 13.6. The van der Waals surface area contributed by atoms with E-state index in [4.69, 9.17) is 0 Å². The molecule has 0 amide bonds. The number of hydrogen-bond acceptors (Lipinski definition) is 5. The minimum Gasteiger partial charge on any atom is -0.366 e. The topological polar surface area (TPSA) is 62.7 Å². The van der Waals surface area contributed by atoms with Gasteiger partial charge in [-0.05, 0) is 25.7 Å². The van der Waals surface area contributed by atoms with Crippen molar-refractivity contribution >= 4 is 11.8 Å². The van der Waals surface area contributed by atoms with E-state index in [1.54, 1.807) is 6.20 Å². The van der Waals surface area contributed by atoms with Crippen molar-refractivity contribution < 1.29 is 0 Å². The van der Waals surface area contributed by atoms with E-state index < -0.39 is 0 Å².